The summed E-state index contributed by atoms with van der Waals surface area (Å²) in [5.74, 6) is 0.597. The molecule has 0 N–H and O–H groups in total. The Hall–Kier alpha value is -1.03. The summed E-state index contributed by atoms with van der Waals surface area (Å²) in [5.41, 5.74) is 0.796. The smallest absolute Gasteiger partial charge is 0.220 e. The molecule has 4 nitrogen and oxygen atoms in total. The molecule has 0 atom stereocenters. The van der Waals surface area contributed by atoms with Crippen molar-refractivity contribution in [2.45, 2.75) is 0 Å². The molecular weight excluding hydrogens is 152 g/mol. The molecule has 0 aliphatic carbocycles. The van der Waals surface area contributed by atoms with Crippen LogP contribution in [0.2, 0.25) is 0 Å². The first kappa shape index (κ1) is 5.73. The van der Waals surface area contributed by atoms with Crippen LogP contribution in [-0.4, -0.2) is 29.7 Å². The van der Waals surface area contributed by atoms with E-state index in [1.54, 1.807) is 0 Å². The van der Waals surface area contributed by atoms with Crippen LogP contribution in [0.5, 0.6) is 0 Å². The van der Waals surface area contributed by atoms with Gasteiger partial charge in [-0.05, 0) is 11.6 Å². The molecule has 10 heavy (non-hydrogen) atoms. The second kappa shape index (κ2) is 1.98. The Labute approximate surface area is 62.1 Å². The van der Waals surface area contributed by atoms with Gasteiger partial charge in [-0.15, -0.1) is 0 Å². The van der Waals surface area contributed by atoms with Gasteiger partial charge in [0.2, 0.25) is 5.29 Å². The number of hydrogen-bond acceptors (Lipinski definition) is 4. The van der Waals surface area contributed by atoms with E-state index in [9.17, 15) is 0 Å². The maximum atomic E-state index is 5.52. The Balaban J connectivity index is 2.43. The molecule has 0 saturated carbocycles. The van der Waals surface area contributed by atoms with Crippen molar-refractivity contribution in [2.24, 2.45) is 20.0 Å². The molecule has 2 rings (SSSR count). The molecule has 2 heterocycles. The lowest BCUT2D eigenvalue weighted by molar-refractivity contribution is 1.28. The van der Waals surface area contributed by atoms with Crippen LogP contribution in [0.3, 0.4) is 0 Å². The lowest BCUT2D eigenvalue weighted by Crippen LogP contribution is -2.17. The van der Waals surface area contributed by atoms with Gasteiger partial charge < -0.3 is 0 Å². The molecule has 5 heteroatoms. The van der Waals surface area contributed by atoms with Gasteiger partial charge in [0, 0.05) is 0 Å². The highest BCUT2D eigenvalue weighted by Gasteiger charge is 2.15. The van der Waals surface area contributed by atoms with Crippen LogP contribution in [0, 0.1) is 0 Å². The topological polar surface area (TPSA) is 49.4 Å². The summed E-state index contributed by atoms with van der Waals surface area (Å²) in [7, 11) is 0. The van der Waals surface area contributed by atoms with E-state index in [2.05, 4.69) is 20.0 Å². The third-order valence-corrected chi connectivity index (χ3v) is 1.41. The Morgan fingerprint density at radius 1 is 1.50 bits per heavy atom. The molecule has 0 aromatic rings. The quantitative estimate of drug-likeness (QED) is 0.456. The van der Waals surface area contributed by atoms with E-state index >= 15 is 0 Å². The summed E-state index contributed by atoms with van der Waals surface area (Å²) in [4.78, 5) is 15.5. The number of rotatable bonds is 0. The summed E-state index contributed by atoms with van der Waals surface area (Å²) in [6.07, 6.45) is 1.46. The van der Waals surface area contributed by atoms with Crippen LogP contribution >= 0.6 is 11.6 Å². The molecule has 2 aliphatic rings. The summed E-state index contributed by atoms with van der Waals surface area (Å²) in [6.45, 7) is 0.498. The van der Waals surface area contributed by atoms with Gasteiger partial charge in [-0.2, -0.15) is 4.99 Å². The Kier molecular flexibility index (Phi) is 1.14. The van der Waals surface area contributed by atoms with Gasteiger partial charge >= 0.3 is 0 Å². The minimum Gasteiger partial charge on any atom is -0.250 e. The lowest BCUT2D eigenvalue weighted by atomic mass is 10.3. The third kappa shape index (κ3) is 0.769. The minimum atomic E-state index is 0.257. The van der Waals surface area contributed by atoms with E-state index in [1.807, 2.05) is 0 Å². The normalized spacial score (nSPS) is 21.5. The molecule has 50 valence electrons. The maximum Gasteiger partial charge on any atom is 0.220 e. The van der Waals surface area contributed by atoms with Crippen LogP contribution < -0.4 is 0 Å². The van der Waals surface area contributed by atoms with Gasteiger partial charge in [-0.25, -0.2) is 15.0 Å². The van der Waals surface area contributed by atoms with E-state index in [1.165, 1.54) is 6.34 Å². The Morgan fingerprint density at radius 3 is 3.30 bits per heavy atom. The zero-order valence-electron chi connectivity index (χ0n) is 4.95. The van der Waals surface area contributed by atoms with Gasteiger partial charge in [-0.1, -0.05) is 0 Å². The van der Waals surface area contributed by atoms with Crippen molar-refractivity contribution in [1.29, 1.82) is 0 Å². The average molecular weight is 155 g/mol. The fraction of sp³-hybridized carbons (Fsp3) is 0.200. The van der Waals surface area contributed by atoms with Crippen molar-refractivity contribution in [3.8, 4) is 0 Å². The molecule has 0 fully saturated rings. The fourth-order valence-corrected chi connectivity index (χ4v) is 0.893. The van der Waals surface area contributed by atoms with E-state index in [4.69, 9.17) is 11.6 Å². The lowest BCUT2D eigenvalue weighted by Gasteiger charge is -2.01. The first-order valence-electron chi connectivity index (χ1n) is 2.74. The van der Waals surface area contributed by atoms with Crippen molar-refractivity contribution in [1.82, 2.24) is 0 Å². The number of amidine groups is 2. The molecule has 2 aliphatic heterocycles. The molecule has 0 saturated heterocycles. The van der Waals surface area contributed by atoms with Crippen LogP contribution in [0.15, 0.2) is 20.0 Å². The molecule has 0 aromatic carbocycles. The van der Waals surface area contributed by atoms with Crippen molar-refractivity contribution in [2.75, 3.05) is 6.54 Å². The van der Waals surface area contributed by atoms with Crippen molar-refractivity contribution in [3.63, 3.8) is 0 Å². The largest absolute Gasteiger partial charge is 0.250 e. The minimum absolute atomic E-state index is 0.257. The molecule has 0 aromatic heterocycles. The zero-order valence-corrected chi connectivity index (χ0v) is 5.71. The summed E-state index contributed by atoms with van der Waals surface area (Å²) in [6, 6.07) is 0. The average Bonchev–Trinajstić information content (AvgIpc) is 2.33. The van der Waals surface area contributed by atoms with Crippen LogP contribution in [0.25, 0.3) is 0 Å². The molecule has 0 unspecified atom stereocenters. The summed E-state index contributed by atoms with van der Waals surface area (Å²) < 4.78 is 0. The zero-order chi connectivity index (χ0) is 6.97. The van der Waals surface area contributed by atoms with Gasteiger partial charge in [-0.3, -0.25) is 0 Å². The highest BCUT2D eigenvalue weighted by molar-refractivity contribution is 6.68. The fourth-order valence-electron chi connectivity index (χ4n) is 0.753. The Bertz CT molecular complexity index is 286. The number of nitrogens with zero attached hydrogens (tertiary/aromatic N) is 4. The molecule has 0 amide bonds. The van der Waals surface area contributed by atoms with Gasteiger partial charge in [0.15, 0.2) is 5.84 Å². The molecular formula is C5H3ClN4. The number of halogens is 1. The highest BCUT2D eigenvalue weighted by atomic mass is 35.5. The Morgan fingerprint density at radius 2 is 2.40 bits per heavy atom. The number of aliphatic imine (C=N–C) groups is 4. The van der Waals surface area contributed by atoms with Gasteiger partial charge in [0.25, 0.3) is 0 Å². The first-order chi connectivity index (χ1) is 4.86. The van der Waals surface area contributed by atoms with E-state index < -0.39 is 0 Å². The van der Waals surface area contributed by atoms with Crippen molar-refractivity contribution < 1.29 is 0 Å². The van der Waals surface area contributed by atoms with E-state index in [0.717, 1.165) is 5.71 Å². The first-order valence-corrected chi connectivity index (χ1v) is 3.12. The third-order valence-electron chi connectivity index (χ3n) is 1.21. The number of fused-ring (bicyclic) bond motifs is 1. The van der Waals surface area contributed by atoms with Crippen LogP contribution in [0.4, 0.5) is 0 Å². The monoisotopic (exact) mass is 154 g/mol. The summed E-state index contributed by atoms with van der Waals surface area (Å²) >= 11 is 5.52. The standard InChI is InChI=1S/C5H3ClN4/c6-5-7-1-3-4(10-5)9-2-8-3/h2H,1H2. The number of hydrogen-bond donors (Lipinski definition) is 0. The SMILES string of the molecule is ClC1=NCC2=NC=NC2=N1. The second-order valence-electron chi connectivity index (χ2n) is 1.84. The van der Waals surface area contributed by atoms with Crippen LogP contribution in [-0.2, 0) is 0 Å². The maximum absolute atomic E-state index is 5.52. The predicted octanol–water partition coefficient (Wildman–Crippen LogP) is 0.476. The second-order valence-corrected chi connectivity index (χ2v) is 2.18. The van der Waals surface area contributed by atoms with Gasteiger partial charge in [0.05, 0.1) is 6.54 Å². The molecule has 0 bridgehead atoms. The molecule has 0 radical (unpaired) electrons. The summed E-state index contributed by atoms with van der Waals surface area (Å²) in [5, 5.41) is 0.257. The van der Waals surface area contributed by atoms with Crippen LogP contribution in [0.1, 0.15) is 0 Å². The molecule has 0 spiro atoms. The van der Waals surface area contributed by atoms with E-state index in [-0.39, 0.29) is 5.29 Å². The van der Waals surface area contributed by atoms with E-state index in [0.29, 0.717) is 12.4 Å². The van der Waals surface area contributed by atoms with Crippen molar-refractivity contribution >= 4 is 34.8 Å². The highest BCUT2D eigenvalue weighted by Crippen LogP contribution is 2.04. The van der Waals surface area contributed by atoms with Crippen molar-refractivity contribution in [3.05, 3.63) is 0 Å². The van der Waals surface area contributed by atoms with Gasteiger partial charge in [0.1, 0.15) is 12.1 Å². The predicted molar refractivity (Wildman–Crippen MR) is 41.5 cm³/mol.